The van der Waals surface area contributed by atoms with E-state index in [1.165, 1.54) is 20.3 Å². The second kappa shape index (κ2) is 7.71. The molecule has 0 unspecified atom stereocenters. The molecular formula is C19H17F3N4O2. The first-order valence-corrected chi connectivity index (χ1v) is 8.20. The zero-order chi connectivity index (χ0) is 20.3. The molecule has 0 aliphatic heterocycles. The number of aromatic nitrogens is 2. The van der Waals surface area contributed by atoms with Crippen molar-refractivity contribution in [2.45, 2.75) is 13.1 Å². The van der Waals surface area contributed by atoms with Crippen LogP contribution in [0.15, 0.2) is 47.6 Å². The van der Waals surface area contributed by atoms with Crippen molar-refractivity contribution in [2.24, 2.45) is 5.10 Å². The fourth-order valence-corrected chi connectivity index (χ4v) is 2.55. The van der Waals surface area contributed by atoms with Crippen LogP contribution in [0.5, 0.6) is 11.5 Å². The van der Waals surface area contributed by atoms with E-state index in [2.05, 4.69) is 20.5 Å². The van der Waals surface area contributed by atoms with Crippen LogP contribution in [0.3, 0.4) is 0 Å². The zero-order valence-corrected chi connectivity index (χ0v) is 15.3. The van der Waals surface area contributed by atoms with Gasteiger partial charge >= 0.3 is 6.18 Å². The topological polar surface area (TPSA) is 68.6 Å². The number of para-hydroxylation sites is 1. The SMILES string of the molecule is COc1ccc(/C(C)=N\Nc2nc(C(F)(F)F)nc3ccccc23)cc1OC. The van der Waals surface area contributed by atoms with Gasteiger partial charge in [-0.05, 0) is 37.3 Å². The Labute approximate surface area is 159 Å². The van der Waals surface area contributed by atoms with E-state index in [0.29, 0.717) is 28.2 Å². The van der Waals surface area contributed by atoms with Gasteiger partial charge in [-0.3, -0.25) is 5.43 Å². The van der Waals surface area contributed by atoms with E-state index < -0.39 is 12.0 Å². The number of fused-ring (bicyclic) bond motifs is 1. The summed E-state index contributed by atoms with van der Waals surface area (Å²) in [6, 6.07) is 11.6. The molecule has 1 heterocycles. The fraction of sp³-hybridized carbons (Fsp3) is 0.211. The molecule has 28 heavy (non-hydrogen) atoms. The average Bonchev–Trinajstić information content (AvgIpc) is 2.70. The number of hydrogen-bond acceptors (Lipinski definition) is 6. The van der Waals surface area contributed by atoms with Crippen LogP contribution in [0, 0.1) is 0 Å². The van der Waals surface area contributed by atoms with Crippen LogP contribution in [0.2, 0.25) is 0 Å². The molecule has 6 nitrogen and oxygen atoms in total. The molecule has 0 aliphatic carbocycles. The van der Waals surface area contributed by atoms with Gasteiger partial charge in [-0.15, -0.1) is 0 Å². The molecular weight excluding hydrogens is 373 g/mol. The van der Waals surface area contributed by atoms with Gasteiger partial charge in [-0.25, -0.2) is 9.97 Å². The smallest absolute Gasteiger partial charge is 0.451 e. The molecule has 2 aromatic carbocycles. The Hall–Kier alpha value is -3.36. The van der Waals surface area contributed by atoms with Gasteiger partial charge in [-0.2, -0.15) is 18.3 Å². The Kier molecular flexibility index (Phi) is 5.34. The third-order valence-electron chi connectivity index (χ3n) is 3.99. The third kappa shape index (κ3) is 3.98. The summed E-state index contributed by atoms with van der Waals surface area (Å²) < 4.78 is 49.7. The molecule has 9 heteroatoms. The van der Waals surface area contributed by atoms with Crippen LogP contribution < -0.4 is 14.9 Å². The first kappa shape index (κ1) is 19.4. The van der Waals surface area contributed by atoms with Gasteiger partial charge in [0.25, 0.3) is 0 Å². The Morgan fingerprint density at radius 1 is 1.00 bits per heavy atom. The summed E-state index contributed by atoms with van der Waals surface area (Å²) in [6.07, 6.45) is -4.66. The molecule has 0 aliphatic rings. The number of hydrazone groups is 1. The highest BCUT2D eigenvalue weighted by molar-refractivity contribution is 6.00. The molecule has 1 N–H and O–H groups in total. The Bertz CT molecular complexity index is 1040. The number of nitrogens with zero attached hydrogens (tertiary/aromatic N) is 3. The number of methoxy groups -OCH3 is 2. The summed E-state index contributed by atoms with van der Waals surface area (Å²) in [6.45, 7) is 1.71. The van der Waals surface area contributed by atoms with Gasteiger partial charge in [0, 0.05) is 10.9 Å². The average molecular weight is 390 g/mol. The summed E-state index contributed by atoms with van der Waals surface area (Å²) in [4.78, 5) is 7.18. The predicted octanol–water partition coefficient (Wildman–Crippen LogP) is 4.50. The molecule has 1 aromatic heterocycles. The largest absolute Gasteiger partial charge is 0.493 e. The molecule has 146 valence electrons. The highest BCUT2D eigenvalue weighted by Crippen LogP contribution is 2.31. The van der Waals surface area contributed by atoms with Crippen molar-refractivity contribution >= 4 is 22.4 Å². The molecule has 0 spiro atoms. The number of hydrogen-bond donors (Lipinski definition) is 1. The summed E-state index contributed by atoms with van der Waals surface area (Å²) in [5.41, 5.74) is 4.03. The van der Waals surface area contributed by atoms with Crippen molar-refractivity contribution < 1.29 is 22.6 Å². The van der Waals surface area contributed by atoms with Crippen molar-refractivity contribution in [3.05, 3.63) is 53.9 Å². The van der Waals surface area contributed by atoms with Gasteiger partial charge in [0.05, 0.1) is 25.4 Å². The fourth-order valence-electron chi connectivity index (χ4n) is 2.55. The number of alkyl halides is 3. The lowest BCUT2D eigenvalue weighted by molar-refractivity contribution is -0.144. The van der Waals surface area contributed by atoms with Crippen molar-refractivity contribution in [3.63, 3.8) is 0 Å². The summed E-state index contributed by atoms with van der Waals surface area (Å²) >= 11 is 0. The number of anilines is 1. The molecule has 0 saturated carbocycles. The molecule has 0 atom stereocenters. The lowest BCUT2D eigenvalue weighted by atomic mass is 10.1. The Morgan fingerprint density at radius 3 is 2.39 bits per heavy atom. The molecule has 3 rings (SSSR count). The van der Waals surface area contributed by atoms with E-state index in [4.69, 9.17) is 9.47 Å². The molecule has 0 bridgehead atoms. The highest BCUT2D eigenvalue weighted by atomic mass is 19.4. The second-order valence-corrected chi connectivity index (χ2v) is 5.79. The minimum absolute atomic E-state index is 0.0299. The van der Waals surface area contributed by atoms with Gasteiger partial charge in [0.1, 0.15) is 0 Å². The number of rotatable bonds is 5. The summed E-state index contributed by atoms with van der Waals surface area (Å²) in [5.74, 6) is -0.185. The number of ether oxygens (including phenoxy) is 2. The molecule has 0 fully saturated rings. The minimum Gasteiger partial charge on any atom is -0.493 e. The number of benzene rings is 2. The minimum atomic E-state index is -4.66. The molecule has 3 aromatic rings. The van der Waals surface area contributed by atoms with Crippen LogP contribution in [0.25, 0.3) is 10.9 Å². The Morgan fingerprint density at radius 2 is 1.71 bits per heavy atom. The maximum absolute atomic E-state index is 13.1. The summed E-state index contributed by atoms with van der Waals surface area (Å²) in [5, 5.41) is 4.61. The van der Waals surface area contributed by atoms with Crippen LogP contribution in [-0.2, 0) is 6.18 Å². The molecule has 0 amide bonds. The van der Waals surface area contributed by atoms with Crippen molar-refractivity contribution in [1.29, 1.82) is 0 Å². The zero-order valence-electron chi connectivity index (χ0n) is 15.3. The van der Waals surface area contributed by atoms with Crippen LogP contribution in [0.4, 0.5) is 19.0 Å². The van der Waals surface area contributed by atoms with E-state index in [1.54, 1.807) is 43.3 Å². The lowest BCUT2D eigenvalue weighted by Crippen LogP contribution is -2.13. The van der Waals surface area contributed by atoms with E-state index in [0.717, 1.165) is 0 Å². The Balaban J connectivity index is 1.98. The standard InChI is InChI=1S/C19H17F3N4O2/c1-11(12-8-9-15(27-2)16(10-12)28-3)25-26-17-13-6-4-5-7-14(13)23-18(24-17)19(20,21)22/h4-10H,1-3H3,(H,23,24,26)/b25-11-. The highest BCUT2D eigenvalue weighted by Gasteiger charge is 2.35. The van der Waals surface area contributed by atoms with Gasteiger partial charge < -0.3 is 9.47 Å². The quantitative estimate of drug-likeness (QED) is 0.513. The predicted molar refractivity (Wildman–Crippen MR) is 99.9 cm³/mol. The molecule has 0 radical (unpaired) electrons. The van der Waals surface area contributed by atoms with Gasteiger partial charge in [0.15, 0.2) is 17.3 Å². The maximum Gasteiger partial charge on any atom is 0.451 e. The first-order valence-electron chi connectivity index (χ1n) is 8.20. The van der Waals surface area contributed by atoms with E-state index >= 15 is 0 Å². The van der Waals surface area contributed by atoms with Crippen LogP contribution in [-0.4, -0.2) is 29.9 Å². The van der Waals surface area contributed by atoms with Crippen molar-refractivity contribution in [1.82, 2.24) is 9.97 Å². The second-order valence-electron chi connectivity index (χ2n) is 5.79. The normalized spacial score (nSPS) is 12.1. The first-order chi connectivity index (χ1) is 13.3. The van der Waals surface area contributed by atoms with Crippen molar-refractivity contribution in [3.8, 4) is 11.5 Å². The van der Waals surface area contributed by atoms with E-state index in [1.807, 2.05) is 0 Å². The van der Waals surface area contributed by atoms with Crippen molar-refractivity contribution in [2.75, 3.05) is 19.6 Å². The third-order valence-corrected chi connectivity index (χ3v) is 3.99. The van der Waals surface area contributed by atoms with E-state index in [-0.39, 0.29) is 11.3 Å². The number of halogens is 3. The van der Waals surface area contributed by atoms with Gasteiger partial charge in [-0.1, -0.05) is 12.1 Å². The number of nitrogens with one attached hydrogen (secondary N) is 1. The van der Waals surface area contributed by atoms with Crippen LogP contribution in [0.1, 0.15) is 18.3 Å². The molecule has 0 saturated heterocycles. The van der Waals surface area contributed by atoms with Crippen LogP contribution >= 0.6 is 0 Å². The van der Waals surface area contributed by atoms with Gasteiger partial charge in [0.2, 0.25) is 5.82 Å². The lowest BCUT2D eigenvalue weighted by Gasteiger charge is -2.11. The van der Waals surface area contributed by atoms with E-state index in [9.17, 15) is 13.2 Å². The summed E-state index contributed by atoms with van der Waals surface area (Å²) in [7, 11) is 3.04. The maximum atomic E-state index is 13.1. The monoisotopic (exact) mass is 390 g/mol.